The van der Waals surface area contributed by atoms with Gasteiger partial charge in [0.05, 0.1) is 12.3 Å². The minimum absolute atomic E-state index is 0.302. The lowest BCUT2D eigenvalue weighted by Gasteiger charge is -2.30. The third-order valence-electron chi connectivity index (χ3n) is 3.27. The lowest BCUT2D eigenvalue weighted by atomic mass is 9.97. The molecule has 2 unspecified atom stereocenters. The summed E-state index contributed by atoms with van der Waals surface area (Å²) in [6.45, 7) is 2.26. The van der Waals surface area contributed by atoms with Crippen molar-refractivity contribution in [3.8, 4) is 0 Å². The molecule has 0 aliphatic carbocycles. The van der Waals surface area contributed by atoms with Gasteiger partial charge in [-0.3, -0.25) is 4.90 Å². The van der Waals surface area contributed by atoms with Gasteiger partial charge in [-0.05, 0) is 12.5 Å². The van der Waals surface area contributed by atoms with Crippen LogP contribution in [0.25, 0.3) is 0 Å². The molecule has 0 saturated carbocycles. The summed E-state index contributed by atoms with van der Waals surface area (Å²) in [6, 6.07) is 2.82. The Balaban J connectivity index is 2.05. The molecule has 2 aliphatic heterocycles. The van der Waals surface area contributed by atoms with Crippen molar-refractivity contribution in [3.63, 3.8) is 0 Å². The fourth-order valence-electron chi connectivity index (χ4n) is 2.62. The number of nitrogens with two attached hydrogens (primary N) is 1. The van der Waals surface area contributed by atoms with E-state index >= 15 is 0 Å². The Morgan fingerprint density at radius 2 is 2.38 bits per heavy atom. The molecule has 3 rings (SSSR count). The van der Waals surface area contributed by atoms with Gasteiger partial charge in [0, 0.05) is 31.1 Å². The first-order chi connectivity index (χ1) is 6.36. The minimum atomic E-state index is 0.302. The third-order valence-corrected chi connectivity index (χ3v) is 3.27. The van der Waals surface area contributed by atoms with Gasteiger partial charge in [-0.15, -0.1) is 0 Å². The molecular weight excluding hydrogens is 164 g/mol. The van der Waals surface area contributed by atoms with Gasteiger partial charge in [-0.2, -0.15) is 0 Å². The maximum Gasteiger partial charge on any atom is 0.109 e. The highest BCUT2D eigenvalue weighted by atomic mass is 16.3. The molecule has 2 N–H and O–H groups in total. The Morgan fingerprint density at radius 1 is 1.46 bits per heavy atom. The van der Waals surface area contributed by atoms with E-state index < -0.39 is 0 Å². The van der Waals surface area contributed by atoms with E-state index in [2.05, 4.69) is 11.0 Å². The summed E-state index contributed by atoms with van der Waals surface area (Å²) in [7, 11) is 0. The number of fused-ring (bicyclic) bond motifs is 3. The summed E-state index contributed by atoms with van der Waals surface area (Å²) in [5.41, 5.74) is 7.41. The molecule has 1 aromatic heterocycles. The van der Waals surface area contributed by atoms with Gasteiger partial charge in [0.15, 0.2) is 0 Å². The molecule has 3 nitrogen and oxygen atoms in total. The Hall–Kier alpha value is -0.800. The van der Waals surface area contributed by atoms with Crippen molar-refractivity contribution in [2.75, 3.05) is 13.1 Å². The van der Waals surface area contributed by atoms with Gasteiger partial charge in [0.25, 0.3) is 0 Å². The molecule has 3 heteroatoms. The fraction of sp³-hybridized carbons (Fsp3) is 0.600. The van der Waals surface area contributed by atoms with E-state index in [1.165, 1.54) is 5.56 Å². The average molecular weight is 178 g/mol. The fourth-order valence-corrected chi connectivity index (χ4v) is 2.62. The molecular formula is C10H14N2O. The Labute approximate surface area is 77.5 Å². The lowest BCUT2D eigenvalue weighted by Crippen LogP contribution is -2.36. The van der Waals surface area contributed by atoms with E-state index in [0.717, 1.165) is 31.7 Å². The second kappa shape index (κ2) is 2.59. The summed E-state index contributed by atoms with van der Waals surface area (Å²) < 4.78 is 5.43. The normalized spacial score (nSPS) is 33.0. The van der Waals surface area contributed by atoms with Gasteiger partial charge in [0.2, 0.25) is 0 Å². The van der Waals surface area contributed by atoms with Crippen molar-refractivity contribution in [3.05, 3.63) is 23.7 Å². The van der Waals surface area contributed by atoms with Crippen LogP contribution in [0.4, 0.5) is 0 Å². The number of hydrogen-bond donors (Lipinski definition) is 1. The summed E-state index contributed by atoms with van der Waals surface area (Å²) in [4.78, 5) is 2.47. The molecule has 70 valence electrons. The second-order valence-corrected chi connectivity index (χ2v) is 3.98. The molecule has 0 aromatic carbocycles. The number of rotatable bonds is 0. The summed E-state index contributed by atoms with van der Waals surface area (Å²) in [6.07, 6.45) is 3.96. The number of hydrogen-bond acceptors (Lipinski definition) is 3. The largest absolute Gasteiger partial charge is 0.469 e. The van der Waals surface area contributed by atoms with Gasteiger partial charge < -0.3 is 10.2 Å². The highest BCUT2D eigenvalue weighted by Crippen LogP contribution is 2.37. The van der Waals surface area contributed by atoms with E-state index in [-0.39, 0.29) is 0 Å². The Bertz CT molecular complexity index is 320. The van der Waals surface area contributed by atoms with E-state index in [0.29, 0.717) is 12.1 Å². The summed E-state index contributed by atoms with van der Waals surface area (Å²) in [5.74, 6) is 1.15. The van der Waals surface area contributed by atoms with Gasteiger partial charge in [0.1, 0.15) is 5.76 Å². The first-order valence-electron chi connectivity index (χ1n) is 4.92. The summed E-state index contributed by atoms with van der Waals surface area (Å²) in [5, 5.41) is 0. The van der Waals surface area contributed by atoms with Crippen molar-refractivity contribution in [1.82, 2.24) is 4.90 Å². The highest BCUT2D eigenvalue weighted by Gasteiger charge is 2.37. The standard InChI is InChI=1S/C10H14N2O/c11-8-1-4-12-5-2-9-7(10(8)12)3-6-13-9/h3,6,8,10H,1-2,4-5,11H2. The smallest absolute Gasteiger partial charge is 0.109 e. The molecule has 2 aliphatic rings. The van der Waals surface area contributed by atoms with Crippen LogP contribution in [-0.2, 0) is 6.42 Å². The number of nitrogens with zero attached hydrogens (tertiary/aromatic N) is 1. The van der Waals surface area contributed by atoms with Crippen molar-refractivity contribution in [2.45, 2.75) is 24.9 Å². The molecule has 0 radical (unpaired) electrons. The molecule has 13 heavy (non-hydrogen) atoms. The van der Waals surface area contributed by atoms with Crippen molar-refractivity contribution in [2.24, 2.45) is 5.73 Å². The van der Waals surface area contributed by atoms with Crippen molar-refractivity contribution < 1.29 is 4.42 Å². The minimum Gasteiger partial charge on any atom is -0.469 e. The van der Waals surface area contributed by atoms with Crippen molar-refractivity contribution >= 4 is 0 Å². The number of furan rings is 1. The van der Waals surface area contributed by atoms with Crippen molar-refractivity contribution in [1.29, 1.82) is 0 Å². The van der Waals surface area contributed by atoms with Crippen LogP contribution in [0.1, 0.15) is 23.8 Å². The Morgan fingerprint density at radius 3 is 3.31 bits per heavy atom. The second-order valence-electron chi connectivity index (χ2n) is 3.98. The zero-order valence-electron chi connectivity index (χ0n) is 7.57. The topological polar surface area (TPSA) is 42.4 Å². The van der Waals surface area contributed by atoms with Crippen LogP contribution in [0.5, 0.6) is 0 Å². The first-order valence-corrected chi connectivity index (χ1v) is 4.92. The van der Waals surface area contributed by atoms with Gasteiger partial charge >= 0.3 is 0 Å². The first kappa shape index (κ1) is 7.59. The van der Waals surface area contributed by atoms with Crippen LogP contribution in [-0.4, -0.2) is 24.0 Å². The van der Waals surface area contributed by atoms with Gasteiger partial charge in [-0.1, -0.05) is 0 Å². The van der Waals surface area contributed by atoms with Crippen LogP contribution in [0.3, 0.4) is 0 Å². The zero-order valence-corrected chi connectivity index (χ0v) is 7.57. The monoisotopic (exact) mass is 178 g/mol. The highest BCUT2D eigenvalue weighted by molar-refractivity contribution is 5.27. The predicted molar refractivity (Wildman–Crippen MR) is 49.3 cm³/mol. The van der Waals surface area contributed by atoms with Crippen LogP contribution in [0.2, 0.25) is 0 Å². The van der Waals surface area contributed by atoms with E-state index in [1.807, 2.05) is 0 Å². The maximum absolute atomic E-state index is 6.08. The van der Waals surface area contributed by atoms with E-state index in [9.17, 15) is 0 Å². The maximum atomic E-state index is 6.08. The van der Waals surface area contributed by atoms with Crippen LogP contribution >= 0.6 is 0 Å². The third kappa shape index (κ3) is 0.974. The summed E-state index contributed by atoms with van der Waals surface area (Å²) >= 11 is 0. The molecule has 2 atom stereocenters. The molecule has 0 amide bonds. The molecule has 1 fully saturated rings. The molecule has 0 spiro atoms. The van der Waals surface area contributed by atoms with E-state index in [1.54, 1.807) is 6.26 Å². The van der Waals surface area contributed by atoms with Crippen LogP contribution in [0.15, 0.2) is 16.7 Å². The average Bonchev–Trinajstić information content (AvgIpc) is 2.70. The van der Waals surface area contributed by atoms with Crippen LogP contribution in [0, 0.1) is 0 Å². The SMILES string of the molecule is NC1CCN2CCc3occc3C12. The zero-order chi connectivity index (χ0) is 8.84. The molecule has 0 bridgehead atoms. The molecule has 1 saturated heterocycles. The van der Waals surface area contributed by atoms with Gasteiger partial charge in [-0.25, -0.2) is 0 Å². The van der Waals surface area contributed by atoms with Crippen LogP contribution < -0.4 is 5.73 Å². The predicted octanol–water partition coefficient (Wildman–Crippen LogP) is 0.910. The molecule has 1 aromatic rings. The quantitative estimate of drug-likeness (QED) is 0.642. The Kier molecular flexibility index (Phi) is 1.51. The molecule has 3 heterocycles. The van der Waals surface area contributed by atoms with E-state index in [4.69, 9.17) is 10.2 Å². The lowest BCUT2D eigenvalue weighted by molar-refractivity contribution is 0.222.